The highest BCUT2D eigenvalue weighted by atomic mass is 32.2. The topological polar surface area (TPSA) is 131 Å². The van der Waals surface area contributed by atoms with Crippen LogP contribution in [0.2, 0.25) is 0 Å². The molecule has 1 heterocycles. The van der Waals surface area contributed by atoms with Crippen molar-refractivity contribution in [2.75, 3.05) is 4.72 Å². The third kappa shape index (κ3) is 4.83. The van der Waals surface area contributed by atoms with E-state index in [-0.39, 0.29) is 26.7 Å². The summed E-state index contributed by atoms with van der Waals surface area (Å²) in [4.78, 5) is 22.9. The Morgan fingerprint density at radius 3 is 2.52 bits per heavy atom. The summed E-state index contributed by atoms with van der Waals surface area (Å²) in [5.41, 5.74) is 2.44. The minimum atomic E-state index is -3.83. The minimum absolute atomic E-state index is 0.0485. The van der Waals surface area contributed by atoms with Crippen LogP contribution in [0.15, 0.2) is 75.4 Å². The van der Waals surface area contributed by atoms with Crippen molar-refractivity contribution in [2.24, 2.45) is 5.10 Å². The van der Waals surface area contributed by atoms with Gasteiger partial charge in [0, 0.05) is 6.07 Å². The maximum atomic E-state index is 12.5. The van der Waals surface area contributed by atoms with Crippen molar-refractivity contribution in [1.82, 2.24) is 5.43 Å². The Balaban J connectivity index is 1.78. The van der Waals surface area contributed by atoms with Crippen LogP contribution in [0.1, 0.15) is 15.9 Å². The van der Waals surface area contributed by atoms with Gasteiger partial charge in [0.1, 0.15) is 4.21 Å². The average Bonchev–Trinajstić information content (AvgIpc) is 3.24. The molecule has 1 aromatic heterocycles. The standard InChI is InChI=1S/C18H14N4O5S2/c23-18(20-19-12-13-6-1-4-9-16(13)22(24)25)14-7-2-3-8-15(14)21-29(26,27)17-10-5-11-28-17/h1-12,21H,(H,20,23). The number of thiophene rings is 1. The minimum Gasteiger partial charge on any atom is -0.278 e. The van der Waals surface area contributed by atoms with E-state index in [1.54, 1.807) is 29.6 Å². The summed E-state index contributed by atoms with van der Waals surface area (Å²) in [6, 6.07) is 15.0. The second-order valence-electron chi connectivity index (χ2n) is 5.60. The van der Waals surface area contributed by atoms with Crippen LogP contribution in [-0.2, 0) is 10.0 Å². The predicted molar refractivity (Wildman–Crippen MR) is 110 cm³/mol. The predicted octanol–water partition coefficient (Wildman–Crippen LogP) is 3.22. The maximum absolute atomic E-state index is 12.5. The molecule has 3 rings (SSSR count). The number of hydrogen-bond acceptors (Lipinski definition) is 7. The zero-order valence-corrected chi connectivity index (χ0v) is 16.3. The largest absolute Gasteiger partial charge is 0.278 e. The number of anilines is 1. The van der Waals surface area contributed by atoms with Crippen molar-refractivity contribution >= 4 is 44.9 Å². The molecule has 0 bridgehead atoms. The van der Waals surface area contributed by atoms with E-state index in [9.17, 15) is 23.3 Å². The van der Waals surface area contributed by atoms with Gasteiger partial charge in [-0.3, -0.25) is 19.6 Å². The lowest BCUT2D eigenvalue weighted by Gasteiger charge is -2.10. The quantitative estimate of drug-likeness (QED) is 0.338. The van der Waals surface area contributed by atoms with Crippen molar-refractivity contribution in [1.29, 1.82) is 0 Å². The first-order valence-corrected chi connectivity index (χ1v) is 10.5. The molecule has 11 heteroatoms. The third-order valence-corrected chi connectivity index (χ3v) is 6.44. The van der Waals surface area contributed by atoms with E-state index in [0.29, 0.717) is 0 Å². The summed E-state index contributed by atoms with van der Waals surface area (Å²) in [5, 5.41) is 16.4. The van der Waals surface area contributed by atoms with Gasteiger partial charge in [0.25, 0.3) is 21.6 Å². The smallest absolute Gasteiger partial charge is 0.278 e. The fraction of sp³-hybridized carbons (Fsp3) is 0. The highest BCUT2D eigenvalue weighted by molar-refractivity contribution is 7.94. The number of amides is 1. The molecule has 0 radical (unpaired) electrons. The lowest BCUT2D eigenvalue weighted by Crippen LogP contribution is -2.21. The van der Waals surface area contributed by atoms with Gasteiger partial charge in [-0.05, 0) is 29.6 Å². The zero-order chi connectivity index (χ0) is 20.9. The second-order valence-corrected chi connectivity index (χ2v) is 8.46. The van der Waals surface area contributed by atoms with E-state index in [0.717, 1.165) is 17.6 Å². The molecule has 148 valence electrons. The van der Waals surface area contributed by atoms with Crippen molar-refractivity contribution in [3.8, 4) is 0 Å². The van der Waals surface area contributed by atoms with Crippen molar-refractivity contribution in [3.63, 3.8) is 0 Å². The Hall–Kier alpha value is -3.57. The molecule has 29 heavy (non-hydrogen) atoms. The van der Waals surface area contributed by atoms with Crippen LogP contribution in [0.5, 0.6) is 0 Å². The van der Waals surface area contributed by atoms with Crippen LogP contribution < -0.4 is 10.1 Å². The van der Waals surface area contributed by atoms with Gasteiger partial charge in [-0.2, -0.15) is 5.10 Å². The van der Waals surface area contributed by atoms with Crippen LogP contribution >= 0.6 is 11.3 Å². The summed E-state index contributed by atoms with van der Waals surface area (Å²) < 4.78 is 27.3. The number of carbonyl (C=O) groups is 1. The fourth-order valence-electron chi connectivity index (χ4n) is 2.37. The molecule has 0 fully saturated rings. The van der Waals surface area contributed by atoms with Gasteiger partial charge < -0.3 is 0 Å². The summed E-state index contributed by atoms with van der Waals surface area (Å²) in [7, 11) is -3.83. The van der Waals surface area contributed by atoms with Crippen LogP contribution in [0.4, 0.5) is 11.4 Å². The van der Waals surface area contributed by atoms with E-state index in [1.807, 2.05) is 0 Å². The molecule has 0 saturated carbocycles. The first-order valence-electron chi connectivity index (χ1n) is 8.10. The van der Waals surface area contributed by atoms with Crippen LogP contribution in [0, 0.1) is 10.1 Å². The van der Waals surface area contributed by atoms with Crippen LogP contribution in [0.3, 0.4) is 0 Å². The fourth-order valence-corrected chi connectivity index (χ4v) is 4.44. The SMILES string of the molecule is O=C(NN=Cc1ccccc1[N+](=O)[O-])c1ccccc1NS(=O)(=O)c1cccs1. The van der Waals surface area contributed by atoms with E-state index in [1.165, 1.54) is 36.4 Å². The van der Waals surface area contributed by atoms with Gasteiger partial charge >= 0.3 is 0 Å². The number of hydrazone groups is 1. The summed E-state index contributed by atoms with van der Waals surface area (Å²) in [6.45, 7) is 0. The van der Waals surface area contributed by atoms with Gasteiger partial charge in [-0.25, -0.2) is 13.8 Å². The molecule has 3 aromatic rings. The number of para-hydroxylation sites is 2. The summed E-state index contributed by atoms with van der Waals surface area (Å²) in [6.07, 6.45) is 1.15. The van der Waals surface area contributed by atoms with E-state index < -0.39 is 20.9 Å². The molecule has 0 aliphatic rings. The van der Waals surface area contributed by atoms with Crippen LogP contribution in [0.25, 0.3) is 0 Å². The lowest BCUT2D eigenvalue weighted by atomic mass is 10.2. The lowest BCUT2D eigenvalue weighted by molar-refractivity contribution is -0.385. The first-order chi connectivity index (χ1) is 13.9. The van der Waals surface area contributed by atoms with E-state index >= 15 is 0 Å². The Labute approximate surface area is 169 Å². The zero-order valence-electron chi connectivity index (χ0n) is 14.7. The normalized spacial score (nSPS) is 11.3. The Kier molecular flexibility index (Phi) is 6.00. The number of carbonyl (C=O) groups excluding carboxylic acids is 1. The van der Waals surface area contributed by atoms with Gasteiger partial charge in [-0.1, -0.05) is 30.3 Å². The number of sulfonamides is 1. The molecule has 0 aliphatic carbocycles. The number of benzene rings is 2. The first kappa shape index (κ1) is 20.2. The van der Waals surface area contributed by atoms with Crippen molar-refractivity contribution in [2.45, 2.75) is 4.21 Å². The van der Waals surface area contributed by atoms with Gasteiger partial charge in [0.05, 0.1) is 28.0 Å². The molecule has 2 N–H and O–H groups in total. The number of hydrogen-bond donors (Lipinski definition) is 2. The van der Waals surface area contributed by atoms with Gasteiger partial charge in [0.15, 0.2) is 0 Å². The molecule has 0 atom stereocenters. The average molecular weight is 430 g/mol. The number of nitrogens with zero attached hydrogens (tertiary/aromatic N) is 2. The molecule has 2 aromatic carbocycles. The molecule has 0 aliphatic heterocycles. The van der Waals surface area contributed by atoms with Crippen molar-refractivity contribution < 1.29 is 18.1 Å². The van der Waals surface area contributed by atoms with Gasteiger partial charge in [0.2, 0.25) is 0 Å². The Morgan fingerprint density at radius 1 is 1.07 bits per heavy atom. The summed E-state index contributed by atoms with van der Waals surface area (Å²) in [5.74, 6) is -0.677. The highest BCUT2D eigenvalue weighted by Gasteiger charge is 2.19. The van der Waals surface area contributed by atoms with E-state index in [2.05, 4.69) is 15.2 Å². The Bertz CT molecular complexity index is 1170. The monoisotopic (exact) mass is 430 g/mol. The van der Waals surface area contributed by atoms with E-state index in [4.69, 9.17) is 0 Å². The molecule has 9 nitrogen and oxygen atoms in total. The van der Waals surface area contributed by atoms with Gasteiger partial charge in [-0.15, -0.1) is 11.3 Å². The molecule has 0 spiro atoms. The highest BCUT2D eigenvalue weighted by Crippen LogP contribution is 2.23. The second kappa shape index (κ2) is 8.63. The van der Waals surface area contributed by atoms with Crippen molar-refractivity contribution in [3.05, 3.63) is 87.3 Å². The maximum Gasteiger partial charge on any atom is 0.278 e. The molecule has 0 unspecified atom stereocenters. The number of rotatable bonds is 7. The number of nitro benzene ring substituents is 1. The molecular formula is C18H14N4O5S2. The van der Waals surface area contributed by atoms with Crippen LogP contribution in [-0.4, -0.2) is 25.5 Å². The molecular weight excluding hydrogens is 416 g/mol. The summed E-state index contributed by atoms with van der Waals surface area (Å²) >= 11 is 1.05. The third-order valence-electron chi connectivity index (χ3n) is 3.68. The number of nitro groups is 1. The number of nitrogens with one attached hydrogen (secondary N) is 2. The molecule has 0 saturated heterocycles. The Morgan fingerprint density at radius 2 is 1.79 bits per heavy atom. The molecule has 1 amide bonds.